The first-order chi connectivity index (χ1) is 24.6. The molecule has 0 atom stereocenters. The largest absolute Gasteiger partial charge is 0.508 e. The highest BCUT2D eigenvalue weighted by atomic mass is 35.5. The van der Waals surface area contributed by atoms with Crippen LogP contribution in [-0.4, -0.2) is 84.4 Å². The minimum absolute atomic E-state index is 0.0495. The van der Waals surface area contributed by atoms with Crippen molar-refractivity contribution in [2.45, 2.75) is 9.79 Å². The molecule has 2 amide bonds. The Kier molecular flexibility index (Phi) is 12.2. The summed E-state index contributed by atoms with van der Waals surface area (Å²) in [4.78, 5) is 30.4. The van der Waals surface area contributed by atoms with E-state index in [1.54, 1.807) is 58.4 Å². The minimum Gasteiger partial charge on any atom is -0.508 e. The molecule has 2 fully saturated rings. The quantitative estimate of drug-likeness (QED) is 0.172. The number of aromatic hydroxyl groups is 2. The maximum absolute atomic E-state index is 13.0. The number of benzene rings is 4. The molecule has 2 saturated heterocycles. The van der Waals surface area contributed by atoms with Gasteiger partial charge in [-0.1, -0.05) is 82.4 Å². The highest BCUT2D eigenvalue weighted by molar-refractivity contribution is 7.99. The molecule has 51 heavy (non-hydrogen) atoms. The topological polar surface area (TPSA) is 99.5 Å². The van der Waals surface area contributed by atoms with E-state index in [0.29, 0.717) is 95.8 Å². The van der Waals surface area contributed by atoms with Gasteiger partial charge in [0.2, 0.25) is 11.8 Å². The van der Waals surface area contributed by atoms with Crippen molar-refractivity contribution in [1.82, 2.24) is 9.80 Å². The van der Waals surface area contributed by atoms with Crippen molar-refractivity contribution in [3.05, 3.63) is 104 Å². The Hall–Kier alpha value is -3.67. The molecule has 0 saturated carbocycles. The third-order valence-electron chi connectivity index (χ3n) is 8.39. The maximum Gasteiger partial charge on any atom is 0.246 e. The Morgan fingerprint density at radius 2 is 1.00 bits per heavy atom. The van der Waals surface area contributed by atoms with E-state index in [1.165, 1.54) is 23.9 Å². The molecule has 2 N–H and O–H groups in total. The van der Waals surface area contributed by atoms with Crippen LogP contribution in [0.25, 0.3) is 34.4 Å². The van der Waals surface area contributed by atoms with Crippen LogP contribution in [0.3, 0.4) is 0 Å². The molecular weight excluding hydrogens is 754 g/mol. The fraction of sp³-hybridized carbons (Fsp3) is 0.211. The lowest BCUT2D eigenvalue weighted by Crippen LogP contribution is -2.39. The maximum atomic E-state index is 13.0. The van der Waals surface area contributed by atoms with Gasteiger partial charge in [-0.25, -0.2) is 0 Å². The van der Waals surface area contributed by atoms with E-state index < -0.39 is 0 Å². The Morgan fingerprint density at radius 3 is 1.37 bits per heavy atom. The molecule has 0 aliphatic carbocycles. The fourth-order valence-electron chi connectivity index (χ4n) is 5.74. The van der Waals surface area contributed by atoms with Gasteiger partial charge in [0.15, 0.2) is 0 Å². The summed E-state index contributed by atoms with van der Waals surface area (Å²) in [6, 6.07) is 17.0. The Labute approximate surface area is 319 Å². The number of carbonyl (C=O) groups is 2. The molecular formula is C38H32Cl4N2O6S. The molecule has 0 radical (unpaired) electrons. The van der Waals surface area contributed by atoms with E-state index in [9.17, 15) is 19.8 Å². The predicted octanol–water partition coefficient (Wildman–Crippen LogP) is 8.94. The van der Waals surface area contributed by atoms with Crippen molar-refractivity contribution < 1.29 is 29.3 Å². The van der Waals surface area contributed by atoms with Crippen LogP contribution in [0.5, 0.6) is 11.5 Å². The molecule has 4 aromatic rings. The van der Waals surface area contributed by atoms with Crippen LogP contribution in [0.4, 0.5) is 0 Å². The van der Waals surface area contributed by atoms with Gasteiger partial charge in [-0.05, 0) is 70.8 Å². The van der Waals surface area contributed by atoms with Crippen LogP contribution >= 0.6 is 58.2 Å². The number of nitrogens with zero attached hydrogens (tertiary/aromatic N) is 2. The number of phenols is 2. The van der Waals surface area contributed by atoms with Crippen molar-refractivity contribution in [2.24, 2.45) is 0 Å². The average Bonchev–Trinajstić information content (AvgIpc) is 3.14. The van der Waals surface area contributed by atoms with Crippen molar-refractivity contribution in [2.75, 3.05) is 52.6 Å². The van der Waals surface area contributed by atoms with Gasteiger partial charge < -0.3 is 29.5 Å². The highest BCUT2D eigenvalue weighted by Crippen LogP contribution is 2.49. The number of morpholine rings is 2. The van der Waals surface area contributed by atoms with E-state index in [4.69, 9.17) is 55.9 Å². The van der Waals surface area contributed by atoms with Crippen molar-refractivity contribution in [1.29, 1.82) is 0 Å². The molecule has 0 bridgehead atoms. The first-order valence-electron chi connectivity index (χ1n) is 16.0. The monoisotopic (exact) mass is 784 g/mol. The number of hydrogen-bond donors (Lipinski definition) is 2. The van der Waals surface area contributed by atoms with E-state index in [-0.39, 0.29) is 43.4 Å². The van der Waals surface area contributed by atoms with Crippen LogP contribution in [-0.2, 0) is 19.1 Å². The van der Waals surface area contributed by atoms with Crippen LogP contribution < -0.4 is 0 Å². The van der Waals surface area contributed by atoms with E-state index in [1.807, 2.05) is 24.3 Å². The zero-order chi connectivity index (χ0) is 36.1. The van der Waals surface area contributed by atoms with Crippen molar-refractivity contribution in [3.8, 4) is 33.8 Å². The summed E-state index contributed by atoms with van der Waals surface area (Å²) in [6.07, 6.45) is 6.17. The number of carbonyl (C=O) groups excluding carboxylic acids is 2. The Bertz CT molecular complexity index is 1880. The van der Waals surface area contributed by atoms with Gasteiger partial charge in [-0.2, -0.15) is 0 Å². The van der Waals surface area contributed by atoms with Crippen LogP contribution in [0, 0.1) is 0 Å². The number of amides is 2. The van der Waals surface area contributed by atoms with Gasteiger partial charge in [-0.15, -0.1) is 0 Å². The summed E-state index contributed by atoms with van der Waals surface area (Å²) in [5.74, 6) is -0.276. The lowest BCUT2D eigenvalue weighted by Gasteiger charge is -2.25. The molecule has 2 aliphatic heterocycles. The molecule has 0 spiro atoms. The molecule has 0 unspecified atom stereocenters. The highest BCUT2D eigenvalue weighted by Gasteiger charge is 2.23. The van der Waals surface area contributed by atoms with E-state index in [2.05, 4.69) is 0 Å². The fourth-order valence-corrected chi connectivity index (χ4v) is 7.90. The van der Waals surface area contributed by atoms with Gasteiger partial charge >= 0.3 is 0 Å². The molecule has 264 valence electrons. The Morgan fingerprint density at radius 1 is 0.608 bits per heavy atom. The molecule has 13 heteroatoms. The molecule has 2 aliphatic rings. The SMILES string of the molecule is O=C(/C=C/c1c(-c2cccc(O)c2)cc(Sc2cc(-c3cccc(O)c3)c(/C=C/C(=O)N3CCOCC3)c(Cl)c2Cl)c(Cl)c1Cl)N1CCOCC1. The van der Waals surface area contributed by atoms with Crippen LogP contribution in [0.2, 0.25) is 20.1 Å². The smallest absolute Gasteiger partial charge is 0.246 e. The molecule has 0 aromatic heterocycles. The summed E-state index contributed by atoms with van der Waals surface area (Å²) in [5, 5.41) is 21.5. The second kappa shape index (κ2) is 16.8. The molecule has 2 heterocycles. The zero-order valence-corrected chi connectivity index (χ0v) is 30.9. The number of rotatable bonds is 8. The lowest BCUT2D eigenvalue weighted by atomic mass is 9.98. The van der Waals surface area contributed by atoms with Gasteiger partial charge in [0.1, 0.15) is 11.5 Å². The normalized spacial score (nSPS) is 15.2. The number of hydrogen-bond acceptors (Lipinski definition) is 7. The lowest BCUT2D eigenvalue weighted by molar-refractivity contribution is -0.130. The second-order valence-electron chi connectivity index (χ2n) is 11.7. The van der Waals surface area contributed by atoms with Gasteiger partial charge in [0, 0.05) is 59.2 Å². The molecule has 6 rings (SSSR count). The van der Waals surface area contributed by atoms with E-state index in [0.717, 1.165) is 0 Å². The van der Waals surface area contributed by atoms with Gasteiger partial charge in [0.25, 0.3) is 0 Å². The van der Waals surface area contributed by atoms with Gasteiger partial charge in [-0.3, -0.25) is 9.59 Å². The van der Waals surface area contributed by atoms with E-state index >= 15 is 0 Å². The third kappa shape index (κ3) is 8.69. The first kappa shape index (κ1) is 37.1. The molecule has 4 aromatic carbocycles. The van der Waals surface area contributed by atoms with Crippen LogP contribution in [0.1, 0.15) is 11.1 Å². The number of ether oxygens (including phenoxy) is 2. The third-order valence-corrected chi connectivity index (χ3v) is 11.5. The zero-order valence-electron chi connectivity index (χ0n) is 27.1. The Balaban J connectivity index is 1.42. The molecule has 8 nitrogen and oxygen atoms in total. The predicted molar refractivity (Wildman–Crippen MR) is 204 cm³/mol. The average molecular weight is 787 g/mol. The number of halogens is 4. The first-order valence-corrected chi connectivity index (χ1v) is 18.3. The van der Waals surface area contributed by atoms with Gasteiger partial charge in [0.05, 0.1) is 46.5 Å². The summed E-state index contributed by atoms with van der Waals surface area (Å²) >= 11 is 29.0. The number of phenolic OH excluding ortho intramolecular Hbond substituents is 2. The summed E-state index contributed by atoms with van der Waals surface area (Å²) in [5.41, 5.74) is 3.50. The second-order valence-corrected chi connectivity index (χ2v) is 14.3. The van der Waals surface area contributed by atoms with Crippen molar-refractivity contribution >= 4 is 82.1 Å². The summed E-state index contributed by atoms with van der Waals surface area (Å²) < 4.78 is 10.7. The standard InChI is InChI=1S/C38H32Cl4N2O6S/c39-35-27(7-9-33(47)43-11-15-49-16-12-43)29(23-3-1-5-25(45)19-23)21-31(37(35)41)51-32-22-30(24-4-2-6-26(46)20-24)28(36(40)38(32)42)8-10-34(48)44-13-17-50-18-14-44/h1-10,19-22,45-46H,11-18H2/b9-7+,10-8+. The minimum atomic E-state index is -0.188. The van der Waals surface area contributed by atoms with Crippen LogP contribution in [0.15, 0.2) is 82.6 Å². The van der Waals surface area contributed by atoms with Crippen molar-refractivity contribution in [3.63, 3.8) is 0 Å². The summed E-state index contributed by atoms with van der Waals surface area (Å²) in [7, 11) is 0. The summed E-state index contributed by atoms with van der Waals surface area (Å²) in [6.45, 7) is 3.82.